The molecule has 1 saturated heterocycles. The molecule has 3 heteroatoms. The van der Waals surface area contributed by atoms with E-state index in [9.17, 15) is 0 Å². The van der Waals surface area contributed by atoms with Gasteiger partial charge in [0, 0.05) is 14.1 Å². The molecule has 2 aliphatic rings. The summed E-state index contributed by atoms with van der Waals surface area (Å²) in [7, 11) is 3.88. The second-order valence-electron chi connectivity index (χ2n) is 3.63. The summed E-state index contributed by atoms with van der Waals surface area (Å²) in [5.41, 5.74) is 0. The molecule has 1 heterocycles. The second-order valence-corrected chi connectivity index (χ2v) is 3.63. The quantitative estimate of drug-likeness (QED) is 0.543. The highest BCUT2D eigenvalue weighted by Gasteiger charge is 2.38. The number of likely N-dealkylation sites (N-methyl/N-ethyl adjacent to an activating group) is 1. The monoisotopic (exact) mass is 168 g/mol. The van der Waals surface area contributed by atoms with Gasteiger partial charge in [0.2, 0.25) is 0 Å². The van der Waals surface area contributed by atoms with E-state index in [0.717, 1.165) is 6.02 Å². The Kier molecular flexibility index (Phi) is 1.95. The third-order valence-electron chi connectivity index (χ3n) is 2.91. The molecule has 0 bridgehead atoms. The van der Waals surface area contributed by atoms with Crippen molar-refractivity contribution in [3.05, 3.63) is 0 Å². The van der Waals surface area contributed by atoms with Gasteiger partial charge in [0.05, 0.1) is 6.04 Å². The zero-order chi connectivity index (χ0) is 8.55. The first-order chi connectivity index (χ1) is 5.83. The summed E-state index contributed by atoms with van der Waals surface area (Å²) in [6, 6.07) is 1.42. The molecule has 0 aromatic heterocycles. The Labute approximate surface area is 73.4 Å². The van der Waals surface area contributed by atoms with Crippen LogP contribution in [0, 0.1) is 0 Å². The fraction of sp³-hybridized carbons (Fsp3) is 0.889. The molecular formula is C9H16N2O. The fourth-order valence-corrected chi connectivity index (χ4v) is 2.23. The number of aliphatic imine (C=N–C) groups is 1. The van der Waals surface area contributed by atoms with Crippen molar-refractivity contribution in [3.8, 4) is 0 Å². The summed E-state index contributed by atoms with van der Waals surface area (Å²) in [6.07, 6.45) is 5.54. The minimum atomic E-state index is 0.419. The first-order valence-corrected chi connectivity index (χ1v) is 4.69. The first kappa shape index (κ1) is 7.90. The number of fused-ring (bicyclic) bond motifs is 1. The van der Waals surface area contributed by atoms with Gasteiger partial charge in [0.15, 0.2) is 0 Å². The molecule has 0 aromatic rings. The van der Waals surface area contributed by atoms with E-state index >= 15 is 0 Å². The van der Waals surface area contributed by atoms with Gasteiger partial charge in [0.1, 0.15) is 6.10 Å². The Morgan fingerprint density at radius 3 is 2.83 bits per heavy atom. The second kappa shape index (κ2) is 2.96. The fourth-order valence-electron chi connectivity index (χ4n) is 2.23. The average Bonchev–Trinajstić information content (AvgIpc) is 2.44. The van der Waals surface area contributed by atoms with Crippen molar-refractivity contribution in [1.29, 1.82) is 0 Å². The van der Waals surface area contributed by atoms with Gasteiger partial charge in [0.25, 0.3) is 6.02 Å². The van der Waals surface area contributed by atoms with Gasteiger partial charge in [-0.05, 0) is 19.3 Å². The van der Waals surface area contributed by atoms with Crippen molar-refractivity contribution in [2.75, 3.05) is 14.1 Å². The molecule has 0 spiro atoms. The summed E-state index contributed by atoms with van der Waals surface area (Å²) in [6.45, 7) is 0. The molecule has 2 atom stereocenters. The number of nitrogens with zero attached hydrogens (tertiary/aromatic N) is 2. The molecule has 2 fully saturated rings. The SMILES string of the molecule is CN=C1OC2CCCCC2N1C. The molecule has 0 aromatic carbocycles. The van der Waals surface area contributed by atoms with Gasteiger partial charge >= 0.3 is 0 Å². The van der Waals surface area contributed by atoms with E-state index < -0.39 is 0 Å². The largest absolute Gasteiger partial charge is 0.460 e. The van der Waals surface area contributed by atoms with E-state index in [1.165, 1.54) is 25.7 Å². The van der Waals surface area contributed by atoms with Crippen LogP contribution in [0.1, 0.15) is 25.7 Å². The third-order valence-corrected chi connectivity index (χ3v) is 2.91. The molecule has 2 rings (SSSR count). The summed E-state index contributed by atoms with van der Waals surface area (Å²) < 4.78 is 5.70. The minimum absolute atomic E-state index is 0.419. The summed E-state index contributed by atoms with van der Waals surface area (Å²) in [5.74, 6) is 0. The minimum Gasteiger partial charge on any atom is -0.460 e. The molecule has 68 valence electrons. The maximum Gasteiger partial charge on any atom is 0.287 e. The van der Waals surface area contributed by atoms with Crippen LogP contribution in [0.25, 0.3) is 0 Å². The smallest absolute Gasteiger partial charge is 0.287 e. The van der Waals surface area contributed by atoms with Crippen LogP contribution in [0.5, 0.6) is 0 Å². The normalized spacial score (nSPS) is 38.2. The zero-order valence-corrected chi connectivity index (χ0v) is 7.79. The van der Waals surface area contributed by atoms with Crippen LogP contribution in [0.2, 0.25) is 0 Å². The van der Waals surface area contributed by atoms with Gasteiger partial charge in [-0.2, -0.15) is 0 Å². The Balaban J connectivity index is 2.13. The van der Waals surface area contributed by atoms with Crippen LogP contribution in [0.3, 0.4) is 0 Å². The van der Waals surface area contributed by atoms with E-state index in [1.54, 1.807) is 7.05 Å². The highest BCUT2D eigenvalue weighted by Crippen LogP contribution is 2.30. The molecule has 12 heavy (non-hydrogen) atoms. The maximum absolute atomic E-state index is 5.70. The van der Waals surface area contributed by atoms with Crippen LogP contribution in [0.15, 0.2) is 4.99 Å². The predicted molar refractivity (Wildman–Crippen MR) is 48.3 cm³/mol. The number of hydrogen-bond acceptors (Lipinski definition) is 2. The van der Waals surface area contributed by atoms with Crippen LogP contribution in [-0.2, 0) is 4.74 Å². The van der Waals surface area contributed by atoms with Gasteiger partial charge in [-0.15, -0.1) is 0 Å². The number of amidine groups is 1. The summed E-state index contributed by atoms with van der Waals surface area (Å²) >= 11 is 0. The van der Waals surface area contributed by atoms with Crippen LogP contribution in [-0.4, -0.2) is 37.2 Å². The molecular weight excluding hydrogens is 152 g/mol. The van der Waals surface area contributed by atoms with Gasteiger partial charge in [-0.25, -0.2) is 4.99 Å². The number of rotatable bonds is 0. The Bertz CT molecular complexity index is 203. The van der Waals surface area contributed by atoms with Crippen LogP contribution in [0.4, 0.5) is 0 Å². The van der Waals surface area contributed by atoms with E-state index in [4.69, 9.17) is 4.74 Å². The van der Waals surface area contributed by atoms with Crippen molar-refractivity contribution >= 4 is 6.02 Å². The maximum atomic E-state index is 5.70. The Hall–Kier alpha value is -0.730. The zero-order valence-electron chi connectivity index (χ0n) is 7.79. The lowest BCUT2D eigenvalue weighted by Gasteiger charge is -2.25. The van der Waals surface area contributed by atoms with Crippen molar-refractivity contribution < 1.29 is 4.74 Å². The lowest BCUT2D eigenvalue weighted by atomic mass is 9.93. The predicted octanol–water partition coefficient (Wildman–Crippen LogP) is 1.25. The van der Waals surface area contributed by atoms with Gasteiger partial charge < -0.3 is 9.64 Å². The van der Waals surface area contributed by atoms with E-state index in [-0.39, 0.29) is 0 Å². The van der Waals surface area contributed by atoms with Crippen molar-refractivity contribution in [2.24, 2.45) is 4.99 Å². The standard InChI is InChI=1S/C9H16N2O/c1-10-9-11(2)7-5-3-4-6-8(7)12-9/h7-8H,3-6H2,1-2H3. The highest BCUT2D eigenvalue weighted by atomic mass is 16.5. The van der Waals surface area contributed by atoms with E-state index in [2.05, 4.69) is 16.9 Å². The first-order valence-electron chi connectivity index (χ1n) is 4.69. The molecule has 0 amide bonds. The van der Waals surface area contributed by atoms with E-state index in [1.807, 2.05) is 0 Å². The summed E-state index contributed by atoms with van der Waals surface area (Å²) in [4.78, 5) is 6.30. The van der Waals surface area contributed by atoms with Crippen LogP contribution < -0.4 is 0 Å². The number of ether oxygens (including phenoxy) is 1. The topological polar surface area (TPSA) is 24.8 Å². The third kappa shape index (κ3) is 1.08. The van der Waals surface area contributed by atoms with Crippen molar-refractivity contribution in [2.45, 2.75) is 37.8 Å². The van der Waals surface area contributed by atoms with Gasteiger partial charge in [-0.3, -0.25) is 0 Å². The molecule has 1 saturated carbocycles. The average molecular weight is 168 g/mol. The van der Waals surface area contributed by atoms with Crippen LogP contribution >= 0.6 is 0 Å². The lowest BCUT2D eigenvalue weighted by molar-refractivity contribution is 0.146. The summed E-state index contributed by atoms with van der Waals surface area (Å²) in [5, 5.41) is 0. The number of hydrogen-bond donors (Lipinski definition) is 0. The Morgan fingerprint density at radius 2 is 2.17 bits per heavy atom. The van der Waals surface area contributed by atoms with Crippen molar-refractivity contribution in [3.63, 3.8) is 0 Å². The van der Waals surface area contributed by atoms with E-state index in [0.29, 0.717) is 12.1 Å². The molecule has 1 aliphatic carbocycles. The molecule has 3 nitrogen and oxygen atoms in total. The Morgan fingerprint density at radius 1 is 1.42 bits per heavy atom. The van der Waals surface area contributed by atoms with Crippen molar-refractivity contribution in [1.82, 2.24) is 4.90 Å². The molecule has 1 aliphatic heterocycles. The lowest BCUT2D eigenvalue weighted by Crippen LogP contribution is -2.35. The molecule has 0 radical (unpaired) electrons. The highest BCUT2D eigenvalue weighted by molar-refractivity contribution is 5.76. The molecule has 0 N–H and O–H groups in total. The van der Waals surface area contributed by atoms with Gasteiger partial charge in [-0.1, -0.05) is 6.42 Å². The molecule has 2 unspecified atom stereocenters.